The number of ether oxygens (including phenoxy) is 1. The normalized spacial score (nSPS) is 11.9. The molecule has 9 heteroatoms. The van der Waals surface area contributed by atoms with Gasteiger partial charge in [-0.05, 0) is 56.5 Å². The number of nitrogens with zero attached hydrogens (tertiary/aromatic N) is 2. The Hall–Kier alpha value is -3.85. The highest BCUT2D eigenvalue weighted by molar-refractivity contribution is 7.92. The van der Waals surface area contributed by atoms with E-state index in [0.717, 1.165) is 9.87 Å². The van der Waals surface area contributed by atoms with Crippen LogP contribution in [0.3, 0.4) is 0 Å². The minimum absolute atomic E-state index is 0.0516. The topological polar surface area (TPSA) is 96.0 Å². The molecule has 0 aliphatic rings. The van der Waals surface area contributed by atoms with Crippen LogP contribution >= 0.6 is 0 Å². The molecule has 0 aliphatic carbocycles. The van der Waals surface area contributed by atoms with Gasteiger partial charge in [-0.3, -0.25) is 13.9 Å². The molecule has 3 aromatic carbocycles. The average molecular weight is 552 g/mol. The highest BCUT2D eigenvalue weighted by Gasteiger charge is 2.34. The molecule has 0 aromatic heterocycles. The van der Waals surface area contributed by atoms with Gasteiger partial charge in [0.25, 0.3) is 10.0 Å². The molecule has 0 radical (unpaired) electrons. The van der Waals surface area contributed by atoms with Gasteiger partial charge in [0.1, 0.15) is 18.3 Å². The summed E-state index contributed by atoms with van der Waals surface area (Å²) in [6.07, 6.45) is 0.900. The summed E-state index contributed by atoms with van der Waals surface area (Å²) in [5, 5.41) is 2.81. The third-order valence-corrected chi connectivity index (χ3v) is 8.04. The molecular formula is C30H37N3O5S. The summed E-state index contributed by atoms with van der Waals surface area (Å²) in [4.78, 5) is 28.5. The standard InChI is InChI=1S/C30H37N3O5S/c1-4-26(30(35)31-5-2)32(22-21-24-15-9-7-10-16-24)29(34)23-33(27-19-13-14-20-28(27)38-6-3)39(36,37)25-17-11-8-12-18-25/h7-20,26H,4-6,21-23H2,1-3H3,(H,31,35). The molecule has 0 fully saturated rings. The largest absolute Gasteiger partial charge is 0.492 e. The summed E-state index contributed by atoms with van der Waals surface area (Å²) in [6.45, 7) is 5.97. The number of hydrogen-bond donors (Lipinski definition) is 1. The first kappa shape index (κ1) is 29.7. The van der Waals surface area contributed by atoms with E-state index in [1.807, 2.05) is 51.1 Å². The molecule has 3 aromatic rings. The van der Waals surface area contributed by atoms with E-state index in [-0.39, 0.29) is 23.0 Å². The number of carbonyl (C=O) groups is 2. The van der Waals surface area contributed by atoms with E-state index < -0.39 is 28.5 Å². The molecule has 0 saturated carbocycles. The SMILES string of the molecule is CCNC(=O)C(CC)N(CCc1ccccc1)C(=O)CN(c1ccccc1OCC)S(=O)(=O)c1ccccc1. The van der Waals surface area contributed by atoms with Gasteiger partial charge in [-0.1, -0.05) is 67.6 Å². The van der Waals surface area contributed by atoms with Crippen molar-refractivity contribution in [3.8, 4) is 5.75 Å². The summed E-state index contributed by atoms with van der Waals surface area (Å²) in [7, 11) is -4.15. The smallest absolute Gasteiger partial charge is 0.264 e. The van der Waals surface area contributed by atoms with Gasteiger partial charge in [0.15, 0.2) is 0 Å². The zero-order valence-electron chi connectivity index (χ0n) is 22.7. The third kappa shape index (κ3) is 7.60. The summed E-state index contributed by atoms with van der Waals surface area (Å²) in [6, 6.07) is 23.6. The summed E-state index contributed by atoms with van der Waals surface area (Å²) in [5.41, 5.74) is 1.27. The molecule has 0 bridgehead atoms. The van der Waals surface area contributed by atoms with Gasteiger partial charge in [-0.25, -0.2) is 8.42 Å². The minimum atomic E-state index is -4.15. The first-order valence-electron chi connectivity index (χ1n) is 13.2. The minimum Gasteiger partial charge on any atom is -0.492 e. The van der Waals surface area contributed by atoms with E-state index in [0.29, 0.717) is 31.7 Å². The molecule has 0 spiro atoms. The lowest BCUT2D eigenvalue weighted by atomic mass is 10.1. The number of sulfonamides is 1. The van der Waals surface area contributed by atoms with Gasteiger partial charge in [0.05, 0.1) is 17.2 Å². The highest BCUT2D eigenvalue weighted by atomic mass is 32.2. The number of anilines is 1. The van der Waals surface area contributed by atoms with Gasteiger partial charge < -0.3 is 15.0 Å². The molecule has 0 heterocycles. The Bertz CT molecular complexity index is 1320. The zero-order valence-corrected chi connectivity index (χ0v) is 23.6. The Morgan fingerprint density at radius 3 is 2.10 bits per heavy atom. The quantitative estimate of drug-likeness (QED) is 0.323. The van der Waals surface area contributed by atoms with Crippen molar-refractivity contribution in [2.45, 2.75) is 44.6 Å². The van der Waals surface area contributed by atoms with Crippen molar-refractivity contribution in [1.82, 2.24) is 10.2 Å². The molecule has 1 unspecified atom stereocenters. The Balaban J connectivity index is 2.04. The lowest BCUT2D eigenvalue weighted by Crippen LogP contribution is -2.53. The number of carbonyl (C=O) groups excluding carboxylic acids is 2. The van der Waals surface area contributed by atoms with Crippen LogP contribution in [0.1, 0.15) is 32.8 Å². The Kier molecular flexibility index (Phi) is 10.9. The molecule has 8 nitrogen and oxygen atoms in total. The van der Waals surface area contributed by atoms with Crippen LogP contribution in [0, 0.1) is 0 Å². The van der Waals surface area contributed by atoms with Gasteiger partial charge in [0, 0.05) is 13.1 Å². The van der Waals surface area contributed by atoms with Crippen LogP contribution in [0.25, 0.3) is 0 Å². The molecule has 3 rings (SSSR count). The van der Waals surface area contributed by atoms with Crippen LogP contribution in [0.5, 0.6) is 5.75 Å². The van der Waals surface area contributed by atoms with Crippen molar-refractivity contribution >= 4 is 27.5 Å². The second-order valence-corrected chi connectivity index (χ2v) is 10.7. The number of likely N-dealkylation sites (N-methyl/N-ethyl adjacent to an activating group) is 1. The fourth-order valence-electron chi connectivity index (χ4n) is 4.36. The maximum atomic E-state index is 14.0. The first-order valence-corrected chi connectivity index (χ1v) is 14.7. The average Bonchev–Trinajstić information content (AvgIpc) is 2.95. The monoisotopic (exact) mass is 551 g/mol. The molecular weight excluding hydrogens is 514 g/mol. The fraction of sp³-hybridized carbons (Fsp3) is 0.333. The van der Waals surface area contributed by atoms with Crippen LogP contribution in [-0.4, -0.2) is 57.4 Å². The molecule has 1 N–H and O–H groups in total. The van der Waals surface area contributed by atoms with Crippen LogP contribution in [0.4, 0.5) is 5.69 Å². The Morgan fingerprint density at radius 2 is 1.49 bits per heavy atom. The second-order valence-electron chi connectivity index (χ2n) is 8.87. The predicted molar refractivity (Wildman–Crippen MR) is 153 cm³/mol. The van der Waals surface area contributed by atoms with Crippen molar-refractivity contribution in [1.29, 1.82) is 0 Å². The number of para-hydroxylation sites is 2. The maximum Gasteiger partial charge on any atom is 0.264 e. The van der Waals surface area contributed by atoms with E-state index in [1.54, 1.807) is 42.5 Å². The van der Waals surface area contributed by atoms with E-state index in [9.17, 15) is 18.0 Å². The van der Waals surface area contributed by atoms with E-state index >= 15 is 0 Å². The molecule has 2 amide bonds. The number of benzene rings is 3. The summed E-state index contributed by atoms with van der Waals surface area (Å²) in [5.74, 6) is -0.401. The zero-order chi connectivity index (χ0) is 28.3. The van der Waals surface area contributed by atoms with Crippen LogP contribution < -0.4 is 14.4 Å². The molecule has 1 atom stereocenters. The molecule has 0 aliphatic heterocycles. The van der Waals surface area contributed by atoms with Crippen molar-refractivity contribution in [3.63, 3.8) is 0 Å². The Labute approximate surface area is 231 Å². The van der Waals surface area contributed by atoms with E-state index in [1.165, 1.54) is 17.0 Å². The van der Waals surface area contributed by atoms with E-state index in [2.05, 4.69) is 5.32 Å². The van der Waals surface area contributed by atoms with Crippen molar-refractivity contribution in [2.75, 3.05) is 30.5 Å². The van der Waals surface area contributed by atoms with Crippen LogP contribution in [-0.2, 0) is 26.0 Å². The van der Waals surface area contributed by atoms with Gasteiger partial charge >= 0.3 is 0 Å². The lowest BCUT2D eigenvalue weighted by molar-refractivity contribution is -0.139. The van der Waals surface area contributed by atoms with Crippen molar-refractivity contribution in [3.05, 3.63) is 90.5 Å². The van der Waals surface area contributed by atoms with Crippen LogP contribution in [0.2, 0.25) is 0 Å². The van der Waals surface area contributed by atoms with Gasteiger partial charge in [-0.15, -0.1) is 0 Å². The first-order chi connectivity index (χ1) is 18.8. The van der Waals surface area contributed by atoms with Crippen molar-refractivity contribution < 1.29 is 22.7 Å². The molecule has 208 valence electrons. The highest BCUT2D eigenvalue weighted by Crippen LogP contribution is 2.32. The fourth-order valence-corrected chi connectivity index (χ4v) is 5.81. The number of rotatable bonds is 14. The van der Waals surface area contributed by atoms with Crippen LogP contribution in [0.15, 0.2) is 89.8 Å². The number of nitrogens with one attached hydrogen (secondary N) is 1. The summed E-state index contributed by atoms with van der Waals surface area (Å²) < 4.78 is 34.7. The third-order valence-electron chi connectivity index (χ3n) is 6.26. The lowest BCUT2D eigenvalue weighted by Gasteiger charge is -2.33. The second kappa shape index (κ2) is 14.3. The maximum absolute atomic E-state index is 14.0. The summed E-state index contributed by atoms with van der Waals surface area (Å²) >= 11 is 0. The Morgan fingerprint density at radius 1 is 0.872 bits per heavy atom. The molecule has 0 saturated heterocycles. The van der Waals surface area contributed by atoms with Gasteiger partial charge in [-0.2, -0.15) is 0 Å². The van der Waals surface area contributed by atoms with Gasteiger partial charge in [0.2, 0.25) is 11.8 Å². The number of amides is 2. The van der Waals surface area contributed by atoms with E-state index in [4.69, 9.17) is 4.74 Å². The number of hydrogen-bond acceptors (Lipinski definition) is 5. The predicted octanol–water partition coefficient (Wildman–Crippen LogP) is 4.27. The molecule has 39 heavy (non-hydrogen) atoms. The van der Waals surface area contributed by atoms with Crippen molar-refractivity contribution in [2.24, 2.45) is 0 Å².